The summed E-state index contributed by atoms with van der Waals surface area (Å²) in [4.78, 5) is 26.0. The molecule has 1 aliphatic rings. The van der Waals surface area contributed by atoms with Gasteiger partial charge in [-0.15, -0.1) is 15.3 Å². The second-order valence-corrected chi connectivity index (χ2v) is 6.30. The van der Waals surface area contributed by atoms with Gasteiger partial charge < -0.3 is 15.0 Å². The Morgan fingerprint density at radius 1 is 1.15 bits per heavy atom. The van der Waals surface area contributed by atoms with E-state index >= 15 is 0 Å². The molecule has 2 aromatic heterocycles. The number of hydrogen-bond donors (Lipinski definition) is 1. The van der Waals surface area contributed by atoms with Gasteiger partial charge in [0.15, 0.2) is 5.65 Å². The molecule has 0 unspecified atom stereocenters. The third kappa shape index (κ3) is 3.43. The second kappa shape index (κ2) is 7.02. The van der Waals surface area contributed by atoms with Crippen molar-refractivity contribution in [1.82, 2.24) is 25.1 Å². The van der Waals surface area contributed by atoms with E-state index in [1.807, 2.05) is 12.1 Å². The molecule has 1 aliphatic heterocycles. The van der Waals surface area contributed by atoms with E-state index in [9.17, 15) is 9.59 Å². The molecule has 1 atom stereocenters. The maximum atomic E-state index is 12.5. The average Bonchev–Trinajstić information content (AvgIpc) is 3.36. The number of amides is 1. The van der Waals surface area contributed by atoms with Crippen molar-refractivity contribution < 1.29 is 14.3 Å². The highest BCUT2D eigenvalue weighted by Crippen LogP contribution is 2.18. The fourth-order valence-corrected chi connectivity index (χ4v) is 3.12. The molecular formula is C18H18N6O3. The maximum absolute atomic E-state index is 12.5. The van der Waals surface area contributed by atoms with Gasteiger partial charge in [-0.2, -0.15) is 4.52 Å². The lowest BCUT2D eigenvalue weighted by molar-refractivity contribution is 0.0600. The lowest BCUT2D eigenvalue weighted by Gasteiger charge is -2.17. The third-order valence-electron chi connectivity index (χ3n) is 4.56. The van der Waals surface area contributed by atoms with Gasteiger partial charge in [0.05, 0.1) is 12.7 Å². The van der Waals surface area contributed by atoms with Crippen LogP contribution in [0.25, 0.3) is 5.65 Å². The molecule has 138 valence electrons. The van der Waals surface area contributed by atoms with E-state index in [0.717, 1.165) is 18.8 Å². The van der Waals surface area contributed by atoms with Crippen molar-refractivity contribution in [3.8, 4) is 0 Å². The summed E-state index contributed by atoms with van der Waals surface area (Å²) < 4.78 is 6.29. The van der Waals surface area contributed by atoms with Gasteiger partial charge >= 0.3 is 5.97 Å². The predicted octanol–water partition coefficient (Wildman–Crippen LogP) is 0.920. The maximum Gasteiger partial charge on any atom is 0.337 e. The highest BCUT2D eigenvalue weighted by molar-refractivity contribution is 5.96. The molecule has 1 saturated heterocycles. The van der Waals surface area contributed by atoms with Crippen LogP contribution in [0.15, 0.2) is 42.7 Å². The Balaban J connectivity index is 1.39. The fourth-order valence-electron chi connectivity index (χ4n) is 3.12. The molecule has 9 nitrogen and oxygen atoms in total. The number of hydrogen-bond acceptors (Lipinski definition) is 7. The van der Waals surface area contributed by atoms with Gasteiger partial charge in [-0.25, -0.2) is 4.79 Å². The van der Waals surface area contributed by atoms with Crippen LogP contribution in [0.4, 0.5) is 5.82 Å². The normalized spacial score (nSPS) is 16.5. The highest BCUT2D eigenvalue weighted by atomic mass is 16.5. The number of aromatic nitrogens is 4. The first-order valence-electron chi connectivity index (χ1n) is 8.55. The molecule has 27 heavy (non-hydrogen) atoms. The van der Waals surface area contributed by atoms with Crippen molar-refractivity contribution in [3.63, 3.8) is 0 Å². The largest absolute Gasteiger partial charge is 0.465 e. The van der Waals surface area contributed by atoms with Crippen LogP contribution in [0.2, 0.25) is 0 Å². The smallest absolute Gasteiger partial charge is 0.337 e. The molecule has 0 spiro atoms. The summed E-state index contributed by atoms with van der Waals surface area (Å²) in [5.41, 5.74) is 1.61. The minimum absolute atomic E-state index is 0.0243. The Hall–Kier alpha value is -3.49. The van der Waals surface area contributed by atoms with Crippen LogP contribution in [0.1, 0.15) is 27.1 Å². The number of carbonyl (C=O) groups excluding carboxylic acids is 2. The molecule has 4 rings (SSSR count). The summed E-state index contributed by atoms with van der Waals surface area (Å²) in [5.74, 6) is 0.230. The zero-order valence-corrected chi connectivity index (χ0v) is 14.7. The summed E-state index contributed by atoms with van der Waals surface area (Å²) >= 11 is 0. The first kappa shape index (κ1) is 17.0. The molecule has 3 heterocycles. The van der Waals surface area contributed by atoms with Gasteiger partial charge in [0, 0.05) is 24.7 Å². The van der Waals surface area contributed by atoms with Crippen LogP contribution in [0.5, 0.6) is 0 Å². The Morgan fingerprint density at radius 2 is 1.93 bits per heavy atom. The van der Waals surface area contributed by atoms with Gasteiger partial charge in [-0.1, -0.05) is 0 Å². The molecule has 9 heteroatoms. The summed E-state index contributed by atoms with van der Waals surface area (Å²) in [6.45, 7) is 1.47. The number of ether oxygens (including phenoxy) is 1. The standard InChI is InChI=1S/C18H18N6O3/c1-27-18(26)13-4-2-12(3-5-13)17(25)20-14-8-9-23(10-14)16-7-6-15-21-19-11-24(15)22-16/h2-7,11,14H,8-10H2,1H3,(H,20,25)/t14-/m0/s1. The van der Waals surface area contributed by atoms with Crippen LogP contribution >= 0.6 is 0 Å². The minimum Gasteiger partial charge on any atom is -0.465 e. The fraction of sp³-hybridized carbons (Fsp3) is 0.278. The number of methoxy groups -OCH3 is 1. The summed E-state index contributed by atoms with van der Waals surface area (Å²) in [5, 5.41) is 15.3. The molecular weight excluding hydrogens is 348 g/mol. The number of rotatable bonds is 4. The zero-order chi connectivity index (χ0) is 18.8. The van der Waals surface area contributed by atoms with Crippen LogP contribution < -0.4 is 10.2 Å². The first-order valence-corrected chi connectivity index (χ1v) is 8.55. The third-order valence-corrected chi connectivity index (χ3v) is 4.56. The Labute approximate surface area is 154 Å². The zero-order valence-electron chi connectivity index (χ0n) is 14.7. The molecule has 1 aromatic carbocycles. The van der Waals surface area contributed by atoms with E-state index in [1.54, 1.807) is 35.1 Å². The number of anilines is 1. The van der Waals surface area contributed by atoms with Crippen molar-refractivity contribution in [2.24, 2.45) is 0 Å². The number of benzene rings is 1. The van der Waals surface area contributed by atoms with Crippen LogP contribution in [0.3, 0.4) is 0 Å². The molecule has 0 radical (unpaired) electrons. The number of nitrogens with one attached hydrogen (secondary N) is 1. The van der Waals surface area contributed by atoms with Crippen molar-refractivity contribution >= 4 is 23.3 Å². The lowest BCUT2D eigenvalue weighted by Crippen LogP contribution is -2.37. The van der Waals surface area contributed by atoms with E-state index in [-0.39, 0.29) is 11.9 Å². The summed E-state index contributed by atoms with van der Waals surface area (Å²) in [7, 11) is 1.32. The van der Waals surface area contributed by atoms with Crippen LogP contribution in [-0.4, -0.2) is 57.9 Å². The Kier molecular flexibility index (Phi) is 4.41. The number of esters is 1. The van der Waals surface area contributed by atoms with Gasteiger partial charge in [0.25, 0.3) is 5.91 Å². The molecule has 0 bridgehead atoms. The van der Waals surface area contributed by atoms with Crippen LogP contribution in [0, 0.1) is 0 Å². The molecule has 1 N–H and O–H groups in total. The summed E-state index contributed by atoms with van der Waals surface area (Å²) in [6, 6.07) is 10.2. The minimum atomic E-state index is -0.425. The molecule has 0 aliphatic carbocycles. The molecule has 1 fully saturated rings. The molecule has 1 amide bonds. The monoisotopic (exact) mass is 366 g/mol. The number of carbonyl (C=O) groups is 2. The average molecular weight is 366 g/mol. The van der Waals surface area contributed by atoms with Crippen molar-refractivity contribution in [1.29, 1.82) is 0 Å². The van der Waals surface area contributed by atoms with E-state index in [2.05, 4.69) is 30.2 Å². The van der Waals surface area contributed by atoms with Crippen molar-refractivity contribution in [2.75, 3.05) is 25.1 Å². The van der Waals surface area contributed by atoms with E-state index < -0.39 is 5.97 Å². The SMILES string of the molecule is COC(=O)c1ccc(C(=O)N[C@H]2CCN(c3ccc4nncn4n3)C2)cc1. The topological polar surface area (TPSA) is 102 Å². The van der Waals surface area contributed by atoms with E-state index in [0.29, 0.717) is 23.3 Å². The number of fused-ring (bicyclic) bond motifs is 1. The summed E-state index contributed by atoms with van der Waals surface area (Å²) in [6.07, 6.45) is 2.39. The Morgan fingerprint density at radius 3 is 2.70 bits per heavy atom. The second-order valence-electron chi connectivity index (χ2n) is 6.30. The van der Waals surface area contributed by atoms with Gasteiger partial charge in [0.2, 0.25) is 0 Å². The van der Waals surface area contributed by atoms with Crippen molar-refractivity contribution in [3.05, 3.63) is 53.9 Å². The molecule has 3 aromatic rings. The quantitative estimate of drug-likeness (QED) is 0.685. The highest BCUT2D eigenvalue weighted by Gasteiger charge is 2.25. The number of nitrogens with zero attached hydrogens (tertiary/aromatic N) is 5. The van der Waals surface area contributed by atoms with Gasteiger partial charge in [-0.05, 0) is 42.8 Å². The van der Waals surface area contributed by atoms with Gasteiger partial charge in [0.1, 0.15) is 12.1 Å². The Bertz CT molecular complexity index is 984. The van der Waals surface area contributed by atoms with Crippen LogP contribution in [-0.2, 0) is 4.74 Å². The van der Waals surface area contributed by atoms with Crippen molar-refractivity contribution in [2.45, 2.75) is 12.5 Å². The molecule has 0 saturated carbocycles. The van der Waals surface area contributed by atoms with Gasteiger partial charge in [-0.3, -0.25) is 4.79 Å². The first-order chi connectivity index (χ1) is 13.1. The lowest BCUT2D eigenvalue weighted by atomic mass is 10.1. The predicted molar refractivity (Wildman–Crippen MR) is 96.6 cm³/mol. The van der Waals surface area contributed by atoms with E-state index in [4.69, 9.17) is 0 Å². The van der Waals surface area contributed by atoms with E-state index in [1.165, 1.54) is 7.11 Å².